The number of aliphatic hydroxyl groups is 1. The highest BCUT2D eigenvalue weighted by atomic mass is 16.4. The summed E-state index contributed by atoms with van der Waals surface area (Å²) >= 11 is 0. The van der Waals surface area contributed by atoms with Crippen LogP contribution in [0.2, 0.25) is 0 Å². The lowest BCUT2D eigenvalue weighted by atomic mass is 9.96. The summed E-state index contributed by atoms with van der Waals surface area (Å²) in [4.78, 5) is 28.2. The molecule has 2 unspecified atom stereocenters. The zero-order valence-corrected chi connectivity index (χ0v) is 10.6. The van der Waals surface area contributed by atoms with E-state index in [-0.39, 0.29) is 23.1 Å². The monoisotopic (exact) mass is 264 g/mol. The Labute approximate surface area is 110 Å². The van der Waals surface area contributed by atoms with Crippen LogP contribution in [0.3, 0.4) is 0 Å². The number of nitrogens with zero attached hydrogens (tertiary/aromatic N) is 2. The fourth-order valence-electron chi connectivity index (χ4n) is 2.04. The third kappa shape index (κ3) is 2.90. The maximum absolute atomic E-state index is 12.1. The van der Waals surface area contributed by atoms with Gasteiger partial charge in [0, 0.05) is 19.3 Å². The second-order valence-corrected chi connectivity index (χ2v) is 4.82. The van der Waals surface area contributed by atoms with Gasteiger partial charge in [0.2, 0.25) is 0 Å². The molecule has 2 heterocycles. The van der Waals surface area contributed by atoms with Crippen molar-refractivity contribution in [3.05, 3.63) is 29.6 Å². The van der Waals surface area contributed by atoms with Gasteiger partial charge in [0.25, 0.3) is 5.91 Å². The van der Waals surface area contributed by atoms with Crippen LogP contribution in [0.1, 0.15) is 34.2 Å². The summed E-state index contributed by atoms with van der Waals surface area (Å²) < 4.78 is 0. The van der Waals surface area contributed by atoms with Crippen LogP contribution in [-0.2, 0) is 0 Å². The topological polar surface area (TPSA) is 90.7 Å². The molecule has 1 aliphatic heterocycles. The lowest BCUT2D eigenvalue weighted by molar-refractivity contribution is 0.0245. The number of aliphatic hydroxyl groups excluding tert-OH is 1. The molecule has 1 fully saturated rings. The van der Waals surface area contributed by atoms with Crippen molar-refractivity contribution >= 4 is 11.9 Å². The van der Waals surface area contributed by atoms with Gasteiger partial charge in [-0.1, -0.05) is 6.92 Å². The summed E-state index contributed by atoms with van der Waals surface area (Å²) in [7, 11) is 0. The molecule has 2 N–H and O–H groups in total. The number of carboxylic acid groups (broad SMARTS) is 1. The molecule has 102 valence electrons. The normalized spacial score (nSPS) is 23.2. The van der Waals surface area contributed by atoms with Crippen molar-refractivity contribution in [2.24, 2.45) is 5.92 Å². The lowest BCUT2D eigenvalue weighted by Crippen LogP contribution is -2.46. The average molecular weight is 264 g/mol. The van der Waals surface area contributed by atoms with Crippen molar-refractivity contribution in [1.29, 1.82) is 0 Å². The van der Waals surface area contributed by atoms with E-state index in [1.165, 1.54) is 18.3 Å². The number of hydrogen-bond donors (Lipinski definition) is 2. The van der Waals surface area contributed by atoms with E-state index in [4.69, 9.17) is 5.11 Å². The molecule has 1 aromatic heterocycles. The number of β-amino-alcohol motifs (C(OH)–C–C–N with tert-alkyl or cyclic N) is 1. The van der Waals surface area contributed by atoms with Crippen LogP contribution in [0.25, 0.3) is 0 Å². The van der Waals surface area contributed by atoms with Crippen molar-refractivity contribution in [2.75, 3.05) is 13.1 Å². The molecule has 0 saturated carbocycles. The number of amides is 1. The highest BCUT2D eigenvalue weighted by Gasteiger charge is 2.28. The number of rotatable bonds is 2. The minimum atomic E-state index is -1.08. The Morgan fingerprint density at radius 3 is 2.68 bits per heavy atom. The predicted octanol–water partition coefficient (Wildman–Crippen LogP) is 0.623. The molecule has 0 aliphatic carbocycles. The van der Waals surface area contributed by atoms with Crippen LogP contribution >= 0.6 is 0 Å². The van der Waals surface area contributed by atoms with Crippen LogP contribution in [0, 0.1) is 5.92 Å². The Hall–Kier alpha value is -1.95. The van der Waals surface area contributed by atoms with E-state index in [2.05, 4.69) is 4.98 Å². The van der Waals surface area contributed by atoms with E-state index in [0.717, 1.165) is 6.42 Å². The number of hydrogen-bond acceptors (Lipinski definition) is 4. The first-order valence-electron chi connectivity index (χ1n) is 6.15. The van der Waals surface area contributed by atoms with Crippen molar-refractivity contribution in [2.45, 2.75) is 19.4 Å². The third-order valence-corrected chi connectivity index (χ3v) is 3.44. The van der Waals surface area contributed by atoms with E-state index < -0.39 is 12.1 Å². The molecule has 1 saturated heterocycles. The molecule has 1 aliphatic rings. The summed E-state index contributed by atoms with van der Waals surface area (Å²) in [6.07, 6.45) is 1.40. The molecule has 0 radical (unpaired) electrons. The van der Waals surface area contributed by atoms with Crippen molar-refractivity contribution < 1.29 is 19.8 Å². The predicted molar refractivity (Wildman–Crippen MR) is 66.9 cm³/mol. The molecular weight excluding hydrogens is 248 g/mol. The average Bonchev–Trinajstić information content (AvgIpc) is 2.41. The second-order valence-electron chi connectivity index (χ2n) is 4.82. The lowest BCUT2D eigenvalue weighted by Gasteiger charge is -2.34. The molecular formula is C13H16N2O4. The Morgan fingerprint density at radius 2 is 2.16 bits per heavy atom. The molecule has 6 heteroatoms. The zero-order valence-electron chi connectivity index (χ0n) is 10.6. The van der Waals surface area contributed by atoms with Gasteiger partial charge in [0.1, 0.15) is 5.69 Å². The fourth-order valence-corrected chi connectivity index (χ4v) is 2.04. The van der Waals surface area contributed by atoms with Gasteiger partial charge in [-0.25, -0.2) is 4.79 Å². The van der Waals surface area contributed by atoms with Gasteiger partial charge in [-0.15, -0.1) is 0 Å². The maximum atomic E-state index is 12.1. The quantitative estimate of drug-likeness (QED) is 0.817. The Kier molecular flexibility index (Phi) is 3.80. The van der Waals surface area contributed by atoms with Crippen LogP contribution < -0.4 is 0 Å². The summed E-state index contributed by atoms with van der Waals surface area (Å²) in [6, 6.07) is 2.75. The first-order valence-corrected chi connectivity index (χ1v) is 6.15. The first kappa shape index (κ1) is 13.5. The summed E-state index contributed by atoms with van der Waals surface area (Å²) in [5.74, 6) is -1.16. The van der Waals surface area contributed by atoms with Crippen molar-refractivity contribution in [3.8, 4) is 0 Å². The first-order chi connectivity index (χ1) is 8.99. The zero-order chi connectivity index (χ0) is 14.0. The van der Waals surface area contributed by atoms with E-state index in [1.807, 2.05) is 6.92 Å². The maximum Gasteiger partial charge on any atom is 0.337 e. The Morgan fingerprint density at radius 1 is 1.42 bits per heavy atom. The highest BCUT2D eigenvalue weighted by Crippen LogP contribution is 2.18. The molecule has 1 aromatic rings. The SMILES string of the molecule is CC1CCN(C(=O)c2ccc(C(=O)O)cn2)CC1O. The Balaban J connectivity index is 2.09. The number of aromatic carboxylic acids is 1. The number of pyridine rings is 1. The minimum absolute atomic E-state index is 0.0452. The van der Waals surface area contributed by atoms with Gasteiger partial charge < -0.3 is 15.1 Å². The van der Waals surface area contributed by atoms with E-state index in [1.54, 1.807) is 4.90 Å². The number of carbonyl (C=O) groups excluding carboxylic acids is 1. The number of likely N-dealkylation sites (tertiary alicyclic amines) is 1. The molecule has 0 aromatic carbocycles. The summed E-state index contributed by atoms with van der Waals surface area (Å²) in [5, 5.41) is 18.5. The standard InChI is InChI=1S/C13H16N2O4/c1-8-4-5-15(7-11(8)16)12(17)10-3-2-9(6-14-10)13(18)19/h2-3,6,8,11,16H,4-5,7H2,1H3,(H,18,19). The minimum Gasteiger partial charge on any atom is -0.478 e. The molecule has 19 heavy (non-hydrogen) atoms. The third-order valence-electron chi connectivity index (χ3n) is 3.44. The van der Waals surface area contributed by atoms with Crippen LogP contribution in [-0.4, -0.2) is 51.2 Å². The smallest absolute Gasteiger partial charge is 0.337 e. The molecule has 0 spiro atoms. The fraction of sp³-hybridized carbons (Fsp3) is 0.462. The number of aromatic nitrogens is 1. The number of piperidine rings is 1. The molecule has 0 bridgehead atoms. The van der Waals surface area contributed by atoms with Crippen molar-refractivity contribution in [3.63, 3.8) is 0 Å². The van der Waals surface area contributed by atoms with Gasteiger partial charge in [-0.3, -0.25) is 9.78 Å². The summed E-state index contributed by atoms with van der Waals surface area (Å²) in [6.45, 7) is 2.83. The molecule has 6 nitrogen and oxygen atoms in total. The molecule has 2 atom stereocenters. The summed E-state index contributed by atoms with van der Waals surface area (Å²) in [5.41, 5.74) is 0.246. The number of carboxylic acids is 1. The van der Waals surface area contributed by atoms with Gasteiger partial charge in [0.05, 0.1) is 11.7 Å². The molecule has 1 amide bonds. The van der Waals surface area contributed by atoms with Gasteiger partial charge in [-0.05, 0) is 24.5 Å². The van der Waals surface area contributed by atoms with E-state index in [9.17, 15) is 14.7 Å². The van der Waals surface area contributed by atoms with Crippen LogP contribution in [0.4, 0.5) is 0 Å². The van der Waals surface area contributed by atoms with E-state index in [0.29, 0.717) is 13.1 Å². The van der Waals surface area contributed by atoms with Gasteiger partial charge in [-0.2, -0.15) is 0 Å². The largest absolute Gasteiger partial charge is 0.478 e. The van der Waals surface area contributed by atoms with Crippen molar-refractivity contribution in [1.82, 2.24) is 9.88 Å². The van der Waals surface area contributed by atoms with Gasteiger partial charge >= 0.3 is 5.97 Å². The number of carbonyl (C=O) groups is 2. The van der Waals surface area contributed by atoms with Crippen LogP contribution in [0.5, 0.6) is 0 Å². The highest BCUT2D eigenvalue weighted by molar-refractivity contribution is 5.93. The molecule has 2 rings (SSSR count). The van der Waals surface area contributed by atoms with Gasteiger partial charge in [0.15, 0.2) is 0 Å². The van der Waals surface area contributed by atoms with Crippen LogP contribution in [0.15, 0.2) is 18.3 Å². The van der Waals surface area contributed by atoms with E-state index >= 15 is 0 Å². The second kappa shape index (κ2) is 5.36. The Bertz CT molecular complexity index is 486.